The normalized spacial score (nSPS) is 34.1. The number of aliphatic hydroxyl groups is 2. The summed E-state index contributed by atoms with van der Waals surface area (Å²) in [7, 11) is 1.53. The van der Waals surface area contributed by atoms with Crippen LogP contribution in [-0.2, 0) is 16.0 Å². The Labute approximate surface area is 385 Å². The van der Waals surface area contributed by atoms with E-state index in [1.165, 1.54) is 39.2 Å². The van der Waals surface area contributed by atoms with Crippen molar-refractivity contribution in [3.63, 3.8) is 0 Å². The largest absolute Gasteiger partial charge is 0.504 e. The van der Waals surface area contributed by atoms with Crippen molar-refractivity contribution < 1.29 is 29.6 Å². The standard InChI is InChI=1S/C56H69N3O6/c1-65-51-27-39-11-17-52(63)55(22-18-34(25-53(55)64)32-56-21-4-7-41(56)12-15-44-45-16-14-43(61)30-49(45)59-33-48(44)56)23-19-36(47(39)31-50(51)62)10-13-42(60)29-46(40-20-24-58-54(57)28-40)38-9-8-35-5-2-3-6-37(35)26-38/h2-3,5-6,8-9,20,26-28,31,34,36,41-42,44-46,48-49,53,58-60,62,64H,4,7,10-18,21-22,24-25,29-30,32-33,57H2,1H3. The van der Waals surface area contributed by atoms with Crippen molar-refractivity contribution in [3.8, 4) is 23.3 Å². The number of rotatable bonds is 10. The fourth-order valence-electron chi connectivity index (χ4n) is 14.7. The molecule has 3 aromatic rings. The van der Waals surface area contributed by atoms with E-state index in [4.69, 9.17) is 10.5 Å². The summed E-state index contributed by atoms with van der Waals surface area (Å²) in [5.41, 5.74) is 9.31. The number of phenols is 1. The zero-order chi connectivity index (χ0) is 44.9. The SMILES string of the molecule is COc1cc2c(cc1O)C(CCC(O)CC(C1=CCNC(N)=C1)c1ccc3ccccc3c1)C#CC1(CCC(CC34CCCC3CCC3C5CCC(=O)CC5NCC34)CC1O)C(=O)CC2. The number of methoxy groups -OCH3 is 1. The van der Waals surface area contributed by atoms with Crippen LogP contribution in [0.4, 0.5) is 0 Å². The van der Waals surface area contributed by atoms with Crippen LogP contribution in [0, 0.1) is 52.3 Å². The van der Waals surface area contributed by atoms with Gasteiger partial charge in [-0.2, -0.15) is 0 Å². The smallest absolute Gasteiger partial charge is 0.160 e. The van der Waals surface area contributed by atoms with Gasteiger partial charge in [0.05, 0.1) is 25.1 Å². The number of allylic oxidation sites excluding steroid dienone is 2. The number of nitrogens with one attached hydrogen (secondary N) is 2. The van der Waals surface area contributed by atoms with Gasteiger partial charge in [-0.15, -0.1) is 0 Å². The molecule has 7 aliphatic rings. The summed E-state index contributed by atoms with van der Waals surface area (Å²) < 4.78 is 5.55. The average molecular weight is 880 g/mol. The van der Waals surface area contributed by atoms with Gasteiger partial charge in [0, 0.05) is 43.7 Å². The van der Waals surface area contributed by atoms with Crippen LogP contribution in [0.1, 0.15) is 131 Å². The highest BCUT2D eigenvalue weighted by molar-refractivity contribution is 5.89. The van der Waals surface area contributed by atoms with Gasteiger partial charge in [0.1, 0.15) is 11.2 Å². The number of ketones is 2. The molecule has 0 aromatic heterocycles. The van der Waals surface area contributed by atoms with Crippen molar-refractivity contribution in [2.75, 3.05) is 20.2 Å². The zero-order valence-corrected chi connectivity index (χ0v) is 38.2. The zero-order valence-electron chi connectivity index (χ0n) is 38.2. The van der Waals surface area contributed by atoms with Crippen LogP contribution >= 0.6 is 0 Å². The molecule has 3 aromatic carbocycles. The molecule has 5 aliphatic carbocycles. The first-order valence-electron chi connectivity index (χ1n) is 25.0. The molecule has 65 heavy (non-hydrogen) atoms. The number of aryl methyl sites for hydroxylation is 1. The third kappa shape index (κ3) is 8.42. The molecule has 0 bridgehead atoms. The van der Waals surface area contributed by atoms with Crippen molar-refractivity contribution >= 4 is 22.3 Å². The Morgan fingerprint density at radius 2 is 1.83 bits per heavy atom. The summed E-state index contributed by atoms with van der Waals surface area (Å²) in [6.45, 7) is 1.62. The molecule has 12 atom stereocenters. The molecule has 12 unspecified atom stereocenters. The molecule has 1 spiro atoms. The number of nitrogens with two attached hydrogens (primary N) is 1. The monoisotopic (exact) mass is 880 g/mol. The topological polar surface area (TPSA) is 154 Å². The fraction of sp³-hybridized carbons (Fsp3) is 0.571. The number of hydrogen-bond acceptors (Lipinski definition) is 9. The van der Waals surface area contributed by atoms with Crippen molar-refractivity contribution in [2.45, 2.75) is 139 Å². The van der Waals surface area contributed by atoms with E-state index < -0.39 is 17.6 Å². The Hall–Kier alpha value is -4.62. The Morgan fingerprint density at radius 1 is 0.969 bits per heavy atom. The molecule has 9 heteroatoms. The molecule has 7 N–H and O–H groups in total. The molecule has 9 nitrogen and oxygen atoms in total. The van der Waals surface area contributed by atoms with Crippen LogP contribution in [0.5, 0.6) is 11.5 Å². The van der Waals surface area contributed by atoms with E-state index in [1.54, 1.807) is 6.07 Å². The number of dihydropyridines is 1. The quantitative estimate of drug-likeness (QED) is 0.110. The van der Waals surface area contributed by atoms with Crippen molar-refractivity contribution in [3.05, 3.63) is 94.8 Å². The number of Topliss-reactive ketones (excluding diaryl/α,β-unsaturated/α-hetero) is 2. The van der Waals surface area contributed by atoms with Gasteiger partial charge in [-0.05, 0) is 176 Å². The highest BCUT2D eigenvalue weighted by Gasteiger charge is 2.59. The van der Waals surface area contributed by atoms with Crippen molar-refractivity contribution in [1.29, 1.82) is 0 Å². The lowest BCUT2D eigenvalue weighted by atomic mass is 9.49. The van der Waals surface area contributed by atoms with Crippen LogP contribution in [0.3, 0.4) is 0 Å². The minimum Gasteiger partial charge on any atom is -0.504 e. The van der Waals surface area contributed by atoms with E-state index >= 15 is 0 Å². The van der Waals surface area contributed by atoms with Crippen LogP contribution in [-0.4, -0.2) is 65.3 Å². The van der Waals surface area contributed by atoms with Gasteiger partial charge < -0.3 is 36.4 Å². The highest BCUT2D eigenvalue weighted by atomic mass is 16.5. The number of aromatic hydroxyl groups is 1. The molecule has 1 saturated heterocycles. The van der Waals surface area contributed by atoms with Crippen molar-refractivity contribution in [2.24, 2.45) is 46.2 Å². The number of piperidine rings is 1. The summed E-state index contributed by atoms with van der Waals surface area (Å²) in [6.07, 6.45) is 16.6. The van der Waals surface area contributed by atoms with Crippen LogP contribution in [0.25, 0.3) is 10.8 Å². The van der Waals surface area contributed by atoms with Gasteiger partial charge in [-0.25, -0.2) is 0 Å². The molecule has 2 aliphatic heterocycles. The second-order valence-corrected chi connectivity index (χ2v) is 21.2. The second kappa shape index (κ2) is 18.2. The van der Waals surface area contributed by atoms with Gasteiger partial charge in [0.25, 0.3) is 0 Å². The average Bonchev–Trinajstić information content (AvgIpc) is 3.75. The number of carbonyl (C=O) groups excluding carboxylic acids is 2. The number of carbonyl (C=O) groups is 2. The minimum atomic E-state index is -1.16. The highest BCUT2D eigenvalue weighted by Crippen LogP contribution is 2.64. The predicted octanol–water partition coefficient (Wildman–Crippen LogP) is 8.49. The summed E-state index contributed by atoms with van der Waals surface area (Å²) >= 11 is 0. The minimum absolute atomic E-state index is 0.000526. The first-order valence-corrected chi connectivity index (χ1v) is 25.0. The lowest BCUT2D eigenvalue weighted by Gasteiger charge is -2.58. The molecule has 5 fully saturated rings. The molecule has 10 rings (SSSR count). The summed E-state index contributed by atoms with van der Waals surface area (Å²) in [4.78, 5) is 27.0. The van der Waals surface area contributed by atoms with E-state index in [2.05, 4.69) is 58.9 Å². The Morgan fingerprint density at radius 3 is 2.66 bits per heavy atom. The lowest BCUT2D eigenvalue weighted by molar-refractivity contribution is -0.136. The molecule has 0 amide bonds. The Bertz CT molecular complexity index is 2430. The van der Waals surface area contributed by atoms with E-state index in [9.17, 15) is 24.9 Å². The molecule has 0 radical (unpaired) electrons. The molecular weight excluding hydrogens is 811 g/mol. The number of phenolic OH excluding ortho intramolecular Hbond substituents is 1. The first-order chi connectivity index (χ1) is 31.5. The van der Waals surface area contributed by atoms with Crippen LogP contribution in [0.2, 0.25) is 0 Å². The maximum Gasteiger partial charge on any atom is 0.160 e. The van der Waals surface area contributed by atoms with Gasteiger partial charge in [-0.1, -0.05) is 66.8 Å². The number of ether oxygens (including phenoxy) is 1. The van der Waals surface area contributed by atoms with Crippen molar-refractivity contribution in [1.82, 2.24) is 10.6 Å². The maximum absolute atomic E-state index is 14.6. The summed E-state index contributed by atoms with van der Waals surface area (Å²) in [6, 6.07) is 18.7. The lowest BCUT2D eigenvalue weighted by Crippen LogP contribution is -2.60. The first kappa shape index (κ1) is 44.2. The fourth-order valence-corrected chi connectivity index (χ4v) is 14.7. The Kier molecular flexibility index (Phi) is 12.4. The molecule has 4 saturated carbocycles. The third-order valence-corrected chi connectivity index (χ3v) is 18.0. The van der Waals surface area contributed by atoms with E-state index in [-0.39, 0.29) is 35.2 Å². The number of fused-ring (bicyclic) bond motifs is 7. The van der Waals surface area contributed by atoms with Crippen LogP contribution < -0.4 is 21.1 Å². The summed E-state index contributed by atoms with van der Waals surface area (Å²) in [5, 5.41) is 44.9. The molecule has 344 valence electrons. The number of benzene rings is 3. The molecular formula is C56H69N3O6. The molecule has 2 heterocycles. The van der Waals surface area contributed by atoms with Gasteiger partial charge in [0.2, 0.25) is 0 Å². The maximum atomic E-state index is 14.6. The van der Waals surface area contributed by atoms with E-state index in [0.717, 1.165) is 65.3 Å². The number of aliphatic hydroxyl groups excluding tert-OH is 2. The van der Waals surface area contributed by atoms with E-state index in [1.807, 2.05) is 24.3 Å². The predicted molar refractivity (Wildman–Crippen MR) is 254 cm³/mol. The van der Waals surface area contributed by atoms with Crippen LogP contribution in [0.15, 0.2) is 78.1 Å². The summed E-state index contributed by atoms with van der Waals surface area (Å²) in [5.74, 6) is 10.9. The third-order valence-electron chi connectivity index (χ3n) is 18.0. The van der Waals surface area contributed by atoms with E-state index in [0.29, 0.717) is 104 Å². The van der Waals surface area contributed by atoms with Gasteiger partial charge >= 0.3 is 0 Å². The second-order valence-electron chi connectivity index (χ2n) is 21.2. The Balaban J connectivity index is 0.896. The van der Waals surface area contributed by atoms with Gasteiger partial charge in [0.15, 0.2) is 17.3 Å². The van der Waals surface area contributed by atoms with Gasteiger partial charge in [-0.3, -0.25) is 9.59 Å². The number of hydrogen-bond donors (Lipinski definition) is 6.